The van der Waals surface area contributed by atoms with E-state index in [9.17, 15) is 9.90 Å². The third kappa shape index (κ3) is 4.21. The molecule has 1 heterocycles. The summed E-state index contributed by atoms with van der Waals surface area (Å²) in [4.78, 5) is 16.6. The minimum atomic E-state index is -0.532. The Morgan fingerprint density at radius 1 is 1.25 bits per heavy atom. The molecular formula is C22H31N3O3. The van der Waals surface area contributed by atoms with Crippen molar-refractivity contribution in [2.24, 2.45) is 5.92 Å². The van der Waals surface area contributed by atoms with Gasteiger partial charge in [-0.05, 0) is 48.8 Å². The fourth-order valence-corrected chi connectivity index (χ4v) is 3.96. The predicted octanol–water partition coefficient (Wildman–Crippen LogP) is 4.62. The number of carbonyl (C=O) groups excluding carboxylic acids is 1. The summed E-state index contributed by atoms with van der Waals surface area (Å²) in [6.07, 6.45) is 6.12. The molecule has 0 aliphatic heterocycles. The van der Waals surface area contributed by atoms with Crippen LogP contribution in [0.1, 0.15) is 74.6 Å². The molecule has 2 aromatic rings. The van der Waals surface area contributed by atoms with Crippen LogP contribution in [0.15, 0.2) is 12.1 Å². The molecule has 1 aromatic heterocycles. The van der Waals surface area contributed by atoms with Gasteiger partial charge in [0, 0.05) is 17.7 Å². The van der Waals surface area contributed by atoms with Crippen LogP contribution in [0.5, 0.6) is 5.75 Å². The minimum absolute atomic E-state index is 0.0800. The Morgan fingerprint density at radius 2 is 1.93 bits per heavy atom. The summed E-state index contributed by atoms with van der Waals surface area (Å²) in [6, 6.07) is 3.87. The van der Waals surface area contributed by atoms with E-state index in [1.165, 1.54) is 39.2 Å². The SMILES string of the molecule is COC(=O)c1nc(-c2cc(C)c(O)c(C(C)(C)C)c2)n(CC2CCCCC2)n1. The van der Waals surface area contributed by atoms with Gasteiger partial charge in [0.25, 0.3) is 5.82 Å². The van der Waals surface area contributed by atoms with E-state index in [0.717, 1.165) is 23.2 Å². The Balaban J connectivity index is 2.08. The molecular weight excluding hydrogens is 354 g/mol. The summed E-state index contributed by atoms with van der Waals surface area (Å²) in [5.41, 5.74) is 2.28. The van der Waals surface area contributed by atoms with Gasteiger partial charge in [-0.1, -0.05) is 40.0 Å². The van der Waals surface area contributed by atoms with Crippen molar-refractivity contribution in [3.05, 3.63) is 29.1 Å². The lowest BCUT2D eigenvalue weighted by Gasteiger charge is -2.24. The molecule has 0 radical (unpaired) electrons. The summed E-state index contributed by atoms with van der Waals surface area (Å²) in [5.74, 6) is 1.05. The number of phenolic OH excluding ortho intramolecular Hbond substituents is 1. The van der Waals surface area contributed by atoms with Gasteiger partial charge in [-0.3, -0.25) is 0 Å². The first-order chi connectivity index (χ1) is 13.2. The zero-order valence-electron chi connectivity index (χ0n) is 17.6. The number of nitrogens with zero attached hydrogens (tertiary/aromatic N) is 3. The van der Waals surface area contributed by atoms with Crippen molar-refractivity contribution in [3.8, 4) is 17.1 Å². The maximum absolute atomic E-state index is 12.0. The average Bonchev–Trinajstić information content (AvgIpc) is 3.07. The van der Waals surface area contributed by atoms with Crippen LogP contribution in [0.2, 0.25) is 0 Å². The third-order valence-electron chi connectivity index (χ3n) is 5.56. The smallest absolute Gasteiger partial charge is 0.377 e. The van der Waals surface area contributed by atoms with Crippen molar-refractivity contribution in [1.82, 2.24) is 14.8 Å². The highest BCUT2D eigenvalue weighted by atomic mass is 16.5. The highest BCUT2D eigenvalue weighted by Gasteiger charge is 2.25. The van der Waals surface area contributed by atoms with Crippen LogP contribution >= 0.6 is 0 Å². The molecule has 6 nitrogen and oxygen atoms in total. The third-order valence-corrected chi connectivity index (χ3v) is 5.56. The summed E-state index contributed by atoms with van der Waals surface area (Å²) >= 11 is 0. The van der Waals surface area contributed by atoms with Gasteiger partial charge >= 0.3 is 5.97 Å². The predicted molar refractivity (Wildman–Crippen MR) is 108 cm³/mol. The maximum atomic E-state index is 12.0. The number of methoxy groups -OCH3 is 1. The van der Waals surface area contributed by atoms with Crippen LogP contribution in [0, 0.1) is 12.8 Å². The van der Waals surface area contributed by atoms with Gasteiger partial charge in [0.1, 0.15) is 5.75 Å². The molecule has 0 atom stereocenters. The van der Waals surface area contributed by atoms with Crippen LogP contribution in [0.25, 0.3) is 11.4 Å². The van der Waals surface area contributed by atoms with E-state index in [4.69, 9.17) is 4.74 Å². The number of rotatable bonds is 4. The molecule has 152 valence electrons. The standard InChI is InChI=1S/C22H31N3O3/c1-14-11-16(12-17(18(14)26)22(2,3)4)20-23-19(21(27)28-5)24-25(20)13-15-9-7-6-8-10-15/h11-12,15,26H,6-10,13H2,1-5H3. The highest BCUT2D eigenvalue weighted by Crippen LogP contribution is 2.37. The van der Waals surface area contributed by atoms with Crippen molar-refractivity contribution in [2.75, 3.05) is 7.11 Å². The Bertz CT molecular complexity index is 859. The van der Waals surface area contributed by atoms with Gasteiger partial charge in [-0.2, -0.15) is 0 Å². The number of esters is 1. The molecule has 28 heavy (non-hydrogen) atoms. The molecule has 1 saturated carbocycles. The number of aromatic nitrogens is 3. The topological polar surface area (TPSA) is 77.2 Å². The van der Waals surface area contributed by atoms with Crippen molar-refractivity contribution >= 4 is 5.97 Å². The van der Waals surface area contributed by atoms with Crippen LogP contribution in [0.4, 0.5) is 0 Å². The molecule has 0 bridgehead atoms. The molecule has 1 N–H and O–H groups in total. The fourth-order valence-electron chi connectivity index (χ4n) is 3.96. The molecule has 0 saturated heterocycles. The first-order valence-electron chi connectivity index (χ1n) is 10.1. The number of phenols is 1. The first kappa shape index (κ1) is 20.4. The van der Waals surface area contributed by atoms with Crippen molar-refractivity contribution in [2.45, 2.75) is 71.8 Å². The number of aryl methyl sites for hydroxylation is 1. The van der Waals surface area contributed by atoms with Crippen LogP contribution in [-0.2, 0) is 16.7 Å². The monoisotopic (exact) mass is 385 g/mol. The minimum Gasteiger partial charge on any atom is -0.507 e. The van der Waals surface area contributed by atoms with Gasteiger partial charge in [0.15, 0.2) is 5.82 Å². The average molecular weight is 386 g/mol. The normalized spacial score (nSPS) is 15.6. The lowest BCUT2D eigenvalue weighted by Crippen LogP contribution is -2.17. The molecule has 1 fully saturated rings. The van der Waals surface area contributed by atoms with E-state index in [0.29, 0.717) is 17.5 Å². The number of hydrogen-bond donors (Lipinski definition) is 1. The van der Waals surface area contributed by atoms with E-state index in [2.05, 4.69) is 30.9 Å². The molecule has 6 heteroatoms. The van der Waals surface area contributed by atoms with Crippen LogP contribution in [0.3, 0.4) is 0 Å². The van der Waals surface area contributed by atoms with Gasteiger partial charge < -0.3 is 9.84 Å². The fraction of sp³-hybridized carbons (Fsp3) is 0.591. The van der Waals surface area contributed by atoms with Crippen molar-refractivity contribution in [1.29, 1.82) is 0 Å². The Hall–Kier alpha value is -2.37. The van der Waals surface area contributed by atoms with E-state index in [1.807, 2.05) is 23.7 Å². The lowest BCUT2D eigenvalue weighted by molar-refractivity contribution is 0.0586. The molecule has 1 aliphatic carbocycles. The number of carbonyl (C=O) groups is 1. The molecule has 0 unspecified atom stereocenters. The van der Waals surface area contributed by atoms with E-state index < -0.39 is 5.97 Å². The Kier molecular flexibility index (Phi) is 5.77. The van der Waals surface area contributed by atoms with Gasteiger partial charge in [-0.25, -0.2) is 14.5 Å². The molecule has 3 rings (SSSR count). The summed E-state index contributed by atoms with van der Waals surface area (Å²) in [7, 11) is 1.34. The van der Waals surface area contributed by atoms with E-state index in [-0.39, 0.29) is 11.2 Å². The summed E-state index contributed by atoms with van der Waals surface area (Å²) in [5, 5.41) is 15.0. The largest absolute Gasteiger partial charge is 0.507 e. The highest BCUT2D eigenvalue weighted by molar-refractivity contribution is 5.85. The maximum Gasteiger partial charge on any atom is 0.377 e. The quantitative estimate of drug-likeness (QED) is 0.777. The van der Waals surface area contributed by atoms with Crippen LogP contribution in [-0.4, -0.2) is 33.0 Å². The summed E-state index contributed by atoms with van der Waals surface area (Å²) < 4.78 is 6.68. The van der Waals surface area contributed by atoms with E-state index >= 15 is 0 Å². The Morgan fingerprint density at radius 3 is 2.54 bits per heavy atom. The van der Waals surface area contributed by atoms with E-state index in [1.54, 1.807) is 0 Å². The van der Waals surface area contributed by atoms with Gasteiger partial charge in [-0.15, -0.1) is 5.10 Å². The van der Waals surface area contributed by atoms with Crippen LogP contribution < -0.4 is 0 Å². The summed E-state index contributed by atoms with van der Waals surface area (Å²) in [6.45, 7) is 8.83. The number of benzene rings is 1. The molecule has 1 aromatic carbocycles. The van der Waals surface area contributed by atoms with Gasteiger partial charge in [0.05, 0.1) is 7.11 Å². The zero-order chi connectivity index (χ0) is 20.5. The van der Waals surface area contributed by atoms with Crippen molar-refractivity contribution < 1.29 is 14.6 Å². The Labute approximate surface area is 166 Å². The second-order valence-corrected chi connectivity index (χ2v) is 8.88. The second-order valence-electron chi connectivity index (χ2n) is 8.88. The zero-order valence-corrected chi connectivity index (χ0v) is 17.6. The first-order valence-corrected chi connectivity index (χ1v) is 10.1. The van der Waals surface area contributed by atoms with Crippen molar-refractivity contribution in [3.63, 3.8) is 0 Å². The second kappa shape index (κ2) is 7.94. The number of ether oxygens (including phenoxy) is 1. The molecule has 1 aliphatic rings. The number of hydrogen-bond acceptors (Lipinski definition) is 5. The molecule has 0 amide bonds. The lowest BCUT2D eigenvalue weighted by atomic mass is 9.84. The van der Waals surface area contributed by atoms with Gasteiger partial charge in [0.2, 0.25) is 0 Å². The number of aromatic hydroxyl groups is 1. The molecule has 0 spiro atoms.